The van der Waals surface area contributed by atoms with Crippen molar-refractivity contribution >= 4 is 109 Å². The van der Waals surface area contributed by atoms with E-state index in [0.29, 0.717) is 0 Å². The zero-order valence-electron chi connectivity index (χ0n) is 33.0. The quantitative estimate of drug-likeness (QED) is 0.124. The lowest BCUT2D eigenvalue weighted by atomic mass is 9.30. The van der Waals surface area contributed by atoms with Gasteiger partial charge in [0.1, 0.15) is 0 Å². The number of para-hydroxylation sites is 5. The maximum Gasteiger partial charge on any atom is 0.252 e. The van der Waals surface area contributed by atoms with Gasteiger partial charge >= 0.3 is 0 Å². The average Bonchev–Trinajstić information content (AvgIpc) is 3.31. The van der Waals surface area contributed by atoms with E-state index in [1.165, 1.54) is 66.9 Å². The number of allylic oxidation sites excluding steroid dienone is 3. The van der Waals surface area contributed by atoms with Crippen molar-refractivity contribution in [3.05, 3.63) is 225 Å². The maximum atomic E-state index is 4.27. The minimum Gasteiger partial charge on any atom is -0.311 e. The van der Waals surface area contributed by atoms with Gasteiger partial charge in [0.15, 0.2) is 0 Å². The highest BCUT2D eigenvalue weighted by molar-refractivity contribution is 7.03. The Kier molecular flexibility index (Phi) is 7.69. The third-order valence-electron chi connectivity index (χ3n) is 12.7. The minimum atomic E-state index is -0.0276. The van der Waals surface area contributed by atoms with Crippen LogP contribution < -0.4 is 52.4 Å². The van der Waals surface area contributed by atoms with Crippen LogP contribution in [0.3, 0.4) is 0 Å². The van der Waals surface area contributed by atoms with Crippen LogP contribution in [0.5, 0.6) is 0 Å². The first-order valence-electron chi connectivity index (χ1n) is 20.7. The van der Waals surface area contributed by atoms with E-state index >= 15 is 0 Å². The molecule has 8 aromatic carbocycles. The fourth-order valence-electron chi connectivity index (χ4n) is 10.5. The van der Waals surface area contributed by atoms with Crippen molar-refractivity contribution in [2.24, 2.45) is 0 Å². The van der Waals surface area contributed by atoms with Crippen LogP contribution in [-0.2, 0) is 0 Å². The molecule has 0 amide bonds. The van der Waals surface area contributed by atoms with Crippen LogP contribution >= 0.6 is 0 Å². The van der Waals surface area contributed by atoms with Crippen molar-refractivity contribution in [3.8, 4) is 0 Å². The summed E-state index contributed by atoms with van der Waals surface area (Å²) in [4.78, 5) is 9.81. The largest absolute Gasteiger partial charge is 0.311 e. The highest BCUT2D eigenvalue weighted by Gasteiger charge is 2.47. The molecule has 4 aliphatic rings. The molecule has 0 saturated heterocycles. The van der Waals surface area contributed by atoms with Gasteiger partial charge in [-0.3, -0.25) is 0 Å². The molecule has 6 heteroatoms. The number of benzene rings is 8. The molecule has 4 heterocycles. The van der Waals surface area contributed by atoms with Crippen LogP contribution in [-0.4, -0.2) is 13.4 Å². The molecule has 0 atom stereocenters. The predicted molar refractivity (Wildman–Crippen MR) is 257 cm³/mol. The molecule has 280 valence electrons. The second-order valence-electron chi connectivity index (χ2n) is 15.8. The Labute approximate surface area is 352 Å². The van der Waals surface area contributed by atoms with Crippen molar-refractivity contribution in [2.75, 3.05) is 19.6 Å². The van der Waals surface area contributed by atoms with E-state index in [-0.39, 0.29) is 13.4 Å². The topological polar surface area (TPSA) is 13.0 Å². The van der Waals surface area contributed by atoms with Crippen molar-refractivity contribution in [1.29, 1.82) is 0 Å². The standard InChI is InChI=1S/C54H38B2N4/c1-3-20-37(4-2)57-45-29-16-14-27-41(45)55-43-35-44-52(36-51(43)59(39-23-10-6-11-24-39)49-33-18-31-47(57)53(49)55)60(40-25-12-7-13-26-40)50-34-19-32-48-54(50)56(44)42-28-15-17-30-46(42)58(48)38-21-8-5-9-22-38/h3-36H,1-2H2/b37-20+. The van der Waals surface area contributed by atoms with E-state index in [0.717, 1.165) is 34.1 Å². The summed E-state index contributed by atoms with van der Waals surface area (Å²) < 4.78 is 0. The van der Waals surface area contributed by atoms with Crippen LogP contribution in [0, 0.1) is 0 Å². The summed E-state index contributed by atoms with van der Waals surface area (Å²) in [5.74, 6) is 0. The molecule has 60 heavy (non-hydrogen) atoms. The molecule has 0 N–H and O–H groups in total. The van der Waals surface area contributed by atoms with Gasteiger partial charge in [0.2, 0.25) is 0 Å². The smallest absolute Gasteiger partial charge is 0.252 e. The Hall–Kier alpha value is -7.69. The van der Waals surface area contributed by atoms with Gasteiger partial charge < -0.3 is 19.6 Å². The van der Waals surface area contributed by atoms with Crippen LogP contribution in [0.15, 0.2) is 225 Å². The number of fused-ring (bicyclic) bond motifs is 8. The highest BCUT2D eigenvalue weighted by Crippen LogP contribution is 2.47. The van der Waals surface area contributed by atoms with Gasteiger partial charge in [-0.25, -0.2) is 0 Å². The molecule has 8 aromatic rings. The Balaban J connectivity index is 1.20. The van der Waals surface area contributed by atoms with Crippen LogP contribution in [0.2, 0.25) is 0 Å². The number of hydrogen-bond acceptors (Lipinski definition) is 4. The first-order valence-corrected chi connectivity index (χ1v) is 20.7. The fraction of sp³-hybridized carbons (Fsp3) is 0. The summed E-state index contributed by atoms with van der Waals surface area (Å²) in [6.45, 7) is 8.32. The number of nitrogens with zero attached hydrogens (tertiary/aromatic N) is 4. The Bertz CT molecular complexity index is 3070. The second kappa shape index (κ2) is 13.4. The normalized spacial score (nSPS) is 14.0. The lowest BCUT2D eigenvalue weighted by molar-refractivity contribution is 1.20. The van der Waals surface area contributed by atoms with Gasteiger partial charge in [0, 0.05) is 68.3 Å². The molecular weight excluding hydrogens is 726 g/mol. The van der Waals surface area contributed by atoms with Crippen molar-refractivity contribution in [1.82, 2.24) is 0 Å². The van der Waals surface area contributed by atoms with Crippen molar-refractivity contribution in [3.63, 3.8) is 0 Å². The second-order valence-corrected chi connectivity index (χ2v) is 15.8. The molecule has 0 unspecified atom stereocenters. The molecule has 0 fully saturated rings. The number of rotatable bonds is 6. The van der Waals surface area contributed by atoms with Gasteiger partial charge in [-0.1, -0.05) is 128 Å². The molecule has 4 aliphatic heterocycles. The van der Waals surface area contributed by atoms with Crippen LogP contribution in [0.25, 0.3) is 0 Å². The van der Waals surface area contributed by atoms with E-state index in [4.69, 9.17) is 0 Å². The summed E-state index contributed by atoms with van der Waals surface area (Å²) in [6, 6.07) is 69.1. The van der Waals surface area contributed by atoms with Gasteiger partial charge in [-0.2, -0.15) is 0 Å². The first-order chi connectivity index (χ1) is 29.7. The summed E-state index contributed by atoms with van der Waals surface area (Å²) in [5.41, 5.74) is 21.6. The van der Waals surface area contributed by atoms with E-state index in [2.05, 4.69) is 227 Å². The monoisotopic (exact) mass is 764 g/mol. The van der Waals surface area contributed by atoms with Gasteiger partial charge in [-0.05, 0) is 124 Å². The molecule has 0 saturated carbocycles. The summed E-state index contributed by atoms with van der Waals surface area (Å²) in [6.07, 6.45) is 5.84. The maximum absolute atomic E-state index is 4.27. The number of hydrogen-bond donors (Lipinski definition) is 0. The first kappa shape index (κ1) is 34.4. The van der Waals surface area contributed by atoms with E-state index in [1.54, 1.807) is 0 Å². The average molecular weight is 765 g/mol. The predicted octanol–water partition coefficient (Wildman–Crippen LogP) is 9.78. The molecule has 0 radical (unpaired) electrons. The molecule has 0 aromatic heterocycles. The van der Waals surface area contributed by atoms with Gasteiger partial charge in [-0.15, -0.1) is 0 Å². The molecule has 12 rings (SSSR count). The molecular formula is C54H38B2N4. The Morgan fingerprint density at radius 2 is 0.767 bits per heavy atom. The fourth-order valence-corrected chi connectivity index (χ4v) is 10.5. The lowest BCUT2D eigenvalue weighted by Gasteiger charge is -2.47. The summed E-state index contributed by atoms with van der Waals surface area (Å²) in [7, 11) is 0. The Morgan fingerprint density at radius 3 is 1.27 bits per heavy atom. The summed E-state index contributed by atoms with van der Waals surface area (Å²) in [5, 5.41) is 0. The van der Waals surface area contributed by atoms with E-state index in [1.807, 2.05) is 12.2 Å². The number of anilines is 11. The molecule has 0 spiro atoms. The SMILES string of the molecule is C=C/C=C(\C=C)N1c2ccccc2B2c3cc4c(cc3N(c3ccccc3)c3cccc1c32)N(c1ccccc1)c1cccc2c1B4c1ccccc1N2c1ccccc1. The zero-order chi connectivity index (χ0) is 39.9. The van der Waals surface area contributed by atoms with E-state index < -0.39 is 0 Å². The molecule has 0 aliphatic carbocycles. The lowest BCUT2D eigenvalue weighted by Crippen LogP contribution is -2.65. The third-order valence-corrected chi connectivity index (χ3v) is 12.7. The zero-order valence-corrected chi connectivity index (χ0v) is 33.0. The Morgan fingerprint density at radius 1 is 0.367 bits per heavy atom. The van der Waals surface area contributed by atoms with Crippen LogP contribution in [0.1, 0.15) is 0 Å². The van der Waals surface area contributed by atoms with E-state index in [9.17, 15) is 0 Å². The minimum absolute atomic E-state index is 0.00679. The van der Waals surface area contributed by atoms with Crippen molar-refractivity contribution < 1.29 is 0 Å². The van der Waals surface area contributed by atoms with Crippen LogP contribution in [0.4, 0.5) is 62.6 Å². The highest BCUT2D eigenvalue weighted by atomic mass is 15.2. The third kappa shape index (κ3) is 4.82. The van der Waals surface area contributed by atoms with Gasteiger partial charge in [0.05, 0.1) is 0 Å². The van der Waals surface area contributed by atoms with Crippen molar-refractivity contribution in [2.45, 2.75) is 0 Å². The molecule has 4 nitrogen and oxygen atoms in total. The summed E-state index contributed by atoms with van der Waals surface area (Å²) >= 11 is 0. The molecule has 0 bridgehead atoms. The van der Waals surface area contributed by atoms with Gasteiger partial charge in [0.25, 0.3) is 13.4 Å².